The lowest BCUT2D eigenvalue weighted by Crippen LogP contribution is -2.34. The summed E-state index contributed by atoms with van der Waals surface area (Å²) >= 11 is 3.37. The minimum Gasteiger partial charge on any atom is -0.394 e. The van der Waals surface area contributed by atoms with Crippen LogP contribution in [0.3, 0.4) is 0 Å². The first kappa shape index (κ1) is 15.7. The van der Waals surface area contributed by atoms with E-state index in [1.54, 1.807) is 12.3 Å². The van der Waals surface area contributed by atoms with Crippen LogP contribution < -0.4 is 10.6 Å². The first-order valence-electron chi connectivity index (χ1n) is 5.87. The number of urea groups is 1. The van der Waals surface area contributed by atoms with Gasteiger partial charge in [-0.05, 0) is 23.8 Å². The fourth-order valence-electron chi connectivity index (χ4n) is 1.28. The summed E-state index contributed by atoms with van der Waals surface area (Å²) < 4.78 is 5.99. The van der Waals surface area contributed by atoms with Crippen LogP contribution in [-0.2, 0) is 4.74 Å². The Morgan fingerprint density at radius 3 is 3.00 bits per heavy atom. The first-order valence-corrected chi connectivity index (χ1v) is 6.67. The van der Waals surface area contributed by atoms with Crippen molar-refractivity contribution in [2.24, 2.45) is 0 Å². The van der Waals surface area contributed by atoms with E-state index in [4.69, 9.17) is 9.84 Å². The molecule has 2 amide bonds. The van der Waals surface area contributed by atoms with Crippen molar-refractivity contribution >= 4 is 28.0 Å². The van der Waals surface area contributed by atoms with E-state index >= 15 is 0 Å². The molecule has 6 heteroatoms. The molecule has 19 heavy (non-hydrogen) atoms. The first-order chi connectivity index (χ1) is 9.22. The summed E-state index contributed by atoms with van der Waals surface area (Å²) in [6, 6.07) is 7.44. The van der Waals surface area contributed by atoms with Gasteiger partial charge in [-0.3, -0.25) is 0 Å². The van der Waals surface area contributed by atoms with Gasteiger partial charge in [0, 0.05) is 17.2 Å². The van der Waals surface area contributed by atoms with Crippen molar-refractivity contribution in [2.45, 2.75) is 0 Å². The molecule has 1 aromatic carbocycles. The molecule has 1 rings (SSSR count). The Morgan fingerprint density at radius 2 is 2.26 bits per heavy atom. The van der Waals surface area contributed by atoms with E-state index < -0.39 is 0 Å². The highest BCUT2D eigenvalue weighted by molar-refractivity contribution is 9.10. The zero-order valence-electron chi connectivity index (χ0n) is 10.4. The molecule has 3 N–H and O–H groups in total. The van der Waals surface area contributed by atoms with Crippen LogP contribution in [-0.4, -0.2) is 37.5 Å². The minimum atomic E-state index is -0.293. The van der Waals surface area contributed by atoms with Gasteiger partial charge in [0.2, 0.25) is 0 Å². The van der Waals surface area contributed by atoms with Gasteiger partial charge in [0.05, 0.1) is 19.8 Å². The van der Waals surface area contributed by atoms with E-state index in [-0.39, 0.29) is 19.2 Å². The van der Waals surface area contributed by atoms with Crippen molar-refractivity contribution in [3.8, 4) is 0 Å². The van der Waals surface area contributed by atoms with Crippen molar-refractivity contribution < 1.29 is 14.6 Å². The number of hydrogen-bond donors (Lipinski definition) is 3. The number of halogens is 1. The maximum absolute atomic E-state index is 11.3. The Labute approximate surface area is 120 Å². The van der Waals surface area contributed by atoms with Crippen molar-refractivity contribution in [2.75, 3.05) is 26.4 Å². The third-order valence-electron chi connectivity index (χ3n) is 2.11. The Kier molecular flexibility index (Phi) is 7.88. The Balaban J connectivity index is 2.19. The number of carbonyl (C=O) groups excluding carboxylic acids is 1. The predicted molar refractivity (Wildman–Crippen MR) is 77.6 cm³/mol. The number of carbonyl (C=O) groups is 1. The van der Waals surface area contributed by atoms with Gasteiger partial charge in [-0.15, -0.1) is 0 Å². The molecule has 0 bridgehead atoms. The summed E-state index contributed by atoms with van der Waals surface area (Å²) in [5.41, 5.74) is 0.987. The maximum atomic E-state index is 11.3. The third kappa shape index (κ3) is 7.61. The Hall–Kier alpha value is -1.37. The van der Waals surface area contributed by atoms with Gasteiger partial charge in [0.1, 0.15) is 0 Å². The highest BCUT2D eigenvalue weighted by Crippen LogP contribution is 2.12. The number of aliphatic hydroxyl groups is 1. The van der Waals surface area contributed by atoms with E-state index in [1.165, 1.54) is 0 Å². The summed E-state index contributed by atoms with van der Waals surface area (Å²) in [5.74, 6) is 0. The molecule has 0 aliphatic carbocycles. The number of rotatable bonds is 7. The summed E-state index contributed by atoms with van der Waals surface area (Å²) in [5, 5.41) is 13.7. The summed E-state index contributed by atoms with van der Waals surface area (Å²) in [6.45, 7) is 1.05. The molecule has 0 fully saturated rings. The number of aliphatic hydroxyl groups excluding tert-OH is 1. The van der Waals surface area contributed by atoms with Gasteiger partial charge in [0.25, 0.3) is 0 Å². The number of ether oxygens (including phenoxy) is 1. The second-order valence-electron chi connectivity index (χ2n) is 3.62. The topological polar surface area (TPSA) is 70.6 Å². The predicted octanol–water partition coefficient (Wildman–Crippen LogP) is 1.73. The molecule has 0 aliphatic rings. The molecule has 0 aromatic heterocycles. The van der Waals surface area contributed by atoms with E-state index in [1.807, 2.05) is 24.3 Å². The molecular weight excluding hydrogens is 312 g/mol. The SMILES string of the molecule is O=C(N/C=C/c1cccc(Br)c1)NCCOCCO. The molecule has 0 saturated carbocycles. The highest BCUT2D eigenvalue weighted by Gasteiger charge is 1.95. The van der Waals surface area contributed by atoms with E-state index in [9.17, 15) is 4.79 Å². The van der Waals surface area contributed by atoms with Crippen molar-refractivity contribution in [1.82, 2.24) is 10.6 Å². The standard InChI is InChI=1S/C13H17BrN2O3/c14-12-3-1-2-11(10-12)4-5-15-13(18)16-6-8-19-9-7-17/h1-5,10,17H,6-9H2,(H2,15,16,18)/b5-4+. The highest BCUT2D eigenvalue weighted by atomic mass is 79.9. The second kappa shape index (κ2) is 9.55. The van der Waals surface area contributed by atoms with E-state index in [0.29, 0.717) is 13.2 Å². The van der Waals surface area contributed by atoms with Crippen LogP contribution in [0.15, 0.2) is 34.9 Å². The molecular formula is C13H17BrN2O3. The van der Waals surface area contributed by atoms with E-state index in [0.717, 1.165) is 10.0 Å². The molecule has 0 saturated heterocycles. The van der Waals surface area contributed by atoms with Crippen LogP contribution in [0.4, 0.5) is 4.79 Å². The molecule has 0 heterocycles. The molecule has 0 unspecified atom stereocenters. The average molecular weight is 329 g/mol. The zero-order valence-corrected chi connectivity index (χ0v) is 12.0. The number of amides is 2. The minimum absolute atomic E-state index is 0.0123. The summed E-state index contributed by atoms with van der Waals surface area (Å²) in [6.07, 6.45) is 3.37. The van der Waals surface area contributed by atoms with Gasteiger partial charge < -0.3 is 20.5 Å². The average Bonchev–Trinajstić information content (AvgIpc) is 2.38. The van der Waals surface area contributed by atoms with Gasteiger partial charge >= 0.3 is 6.03 Å². The van der Waals surface area contributed by atoms with Gasteiger partial charge in [0.15, 0.2) is 0 Å². The largest absolute Gasteiger partial charge is 0.394 e. The molecule has 5 nitrogen and oxygen atoms in total. The summed E-state index contributed by atoms with van der Waals surface area (Å²) in [4.78, 5) is 11.3. The van der Waals surface area contributed by atoms with Crippen molar-refractivity contribution in [1.29, 1.82) is 0 Å². The van der Waals surface area contributed by atoms with Crippen LogP contribution in [0.1, 0.15) is 5.56 Å². The fraction of sp³-hybridized carbons (Fsp3) is 0.308. The van der Waals surface area contributed by atoms with Crippen LogP contribution in [0.2, 0.25) is 0 Å². The second-order valence-corrected chi connectivity index (χ2v) is 4.54. The number of nitrogens with one attached hydrogen (secondary N) is 2. The molecule has 0 spiro atoms. The number of benzene rings is 1. The lowest BCUT2D eigenvalue weighted by atomic mass is 10.2. The van der Waals surface area contributed by atoms with Crippen molar-refractivity contribution in [3.63, 3.8) is 0 Å². The third-order valence-corrected chi connectivity index (χ3v) is 2.60. The van der Waals surface area contributed by atoms with Crippen molar-refractivity contribution in [3.05, 3.63) is 40.5 Å². The van der Waals surface area contributed by atoms with Crippen LogP contribution in [0.5, 0.6) is 0 Å². The lowest BCUT2D eigenvalue weighted by Gasteiger charge is -2.04. The Bertz CT molecular complexity index is 424. The Morgan fingerprint density at radius 1 is 1.42 bits per heavy atom. The monoisotopic (exact) mass is 328 g/mol. The smallest absolute Gasteiger partial charge is 0.318 e. The lowest BCUT2D eigenvalue weighted by molar-refractivity contribution is 0.0948. The zero-order chi connectivity index (χ0) is 13.9. The molecule has 0 radical (unpaired) electrons. The molecule has 104 valence electrons. The van der Waals surface area contributed by atoms with Gasteiger partial charge in [-0.25, -0.2) is 4.79 Å². The molecule has 0 atom stereocenters. The quantitative estimate of drug-likeness (QED) is 0.667. The summed E-state index contributed by atoms with van der Waals surface area (Å²) in [7, 11) is 0. The normalized spacial score (nSPS) is 10.6. The van der Waals surface area contributed by atoms with E-state index in [2.05, 4.69) is 26.6 Å². The maximum Gasteiger partial charge on any atom is 0.318 e. The molecule has 0 aliphatic heterocycles. The van der Waals surface area contributed by atoms with Crippen LogP contribution >= 0.6 is 15.9 Å². The molecule has 1 aromatic rings. The van der Waals surface area contributed by atoms with Crippen LogP contribution in [0, 0.1) is 0 Å². The van der Waals surface area contributed by atoms with Gasteiger partial charge in [-0.2, -0.15) is 0 Å². The fourth-order valence-corrected chi connectivity index (χ4v) is 1.70. The van der Waals surface area contributed by atoms with Gasteiger partial charge in [-0.1, -0.05) is 28.1 Å². The number of hydrogen-bond acceptors (Lipinski definition) is 3. The van der Waals surface area contributed by atoms with Crippen LogP contribution in [0.25, 0.3) is 6.08 Å².